The fourth-order valence-corrected chi connectivity index (χ4v) is 3.98. The van der Waals surface area contributed by atoms with Crippen molar-refractivity contribution in [2.45, 2.75) is 12.6 Å². The first-order valence-electron chi connectivity index (χ1n) is 10.6. The zero-order valence-corrected chi connectivity index (χ0v) is 18.3. The van der Waals surface area contributed by atoms with Gasteiger partial charge in [-0.2, -0.15) is 9.97 Å². The van der Waals surface area contributed by atoms with Crippen LogP contribution in [0, 0.1) is 0 Å². The number of nitrogens with one attached hydrogen (secondary N) is 2. The zero-order chi connectivity index (χ0) is 23.7. The first-order valence-corrected chi connectivity index (χ1v) is 10.6. The number of anilines is 7. The van der Waals surface area contributed by atoms with E-state index in [2.05, 4.69) is 30.6 Å². The van der Waals surface area contributed by atoms with E-state index in [1.807, 2.05) is 4.90 Å². The largest absolute Gasteiger partial charge is 0.494 e. The van der Waals surface area contributed by atoms with E-state index < -0.39 is 12.6 Å². The molecule has 1 atom stereocenters. The maximum Gasteiger partial charge on any atom is 0.277 e. The van der Waals surface area contributed by atoms with E-state index in [9.17, 15) is 8.78 Å². The molecule has 11 nitrogen and oxygen atoms in total. The predicted octanol–water partition coefficient (Wildman–Crippen LogP) is 2.59. The number of nitrogens with zero attached hydrogens (tertiary/aromatic N) is 6. The quantitative estimate of drug-likeness (QED) is 0.491. The molecule has 4 heterocycles. The van der Waals surface area contributed by atoms with Gasteiger partial charge >= 0.3 is 0 Å². The highest BCUT2D eigenvalue weighted by Gasteiger charge is 2.40. The summed E-state index contributed by atoms with van der Waals surface area (Å²) in [4.78, 5) is 20.5. The number of methoxy groups -OCH3 is 1. The van der Waals surface area contributed by atoms with Gasteiger partial charge in [-0.05, 0) is 12.1 Å². The first kappa shape index (κ1) is 21.8. The highest BCUT2D eigenvalue weighted by Crippen LogP contribution is 2.47. The number of fused-ring (bicyclic) bond motifs is 1. The second kappa shape index (κ2) is 9.09. The van der Waals surface area contributed by atoms with Gasteiger partial charge < -0.3 is 30.7 Å². The van der Waals surface area contributed by atoms with Crippen LogP contribution < -0.4 is 30.9 Å². The summed E-state index contributed by atoms with van der Waals surface area (Å²) in [5.74, 6) is 1.12. The van der Waals surface area contributed by atoms with Crippen LogP contribution in [0.25, 0.3) is 0 Å². The Morgan fingerprint density at radius 3 is 2.68 bits per heavy atom. The molecule has 5 rings (SSSR count). The topological polar surface area (TPSA) is 127 Å². The zero-order valence-electron chi connectivity index (χ0n) is 18.3. The summed E-state index contributed by atoms with van der Waals surface area (Å²) in [5, 5.41) is 5.94. The van der Waals surface area contributed by atoms with Crippen LogP contribution in [0.5, 0.6) is 5.75 Å². The summed E-state index contributed by atoms with van der Waals surface area (Å²) in [6.45, 7) is 2.08. The Labute approximate surface area is 193 Å². The second-order valence-electron chi connectivity index (χ2n) is 7.61. The fraction of sp³-hybridized carbons (Fsp3) is 0.333. The molecule has 1 saturated heterocycles. The second-order valence-corrected chi connectivity index (χ2v) is 7.61. The normalized spacial score (nSPS) is 17.5. The van der Waals surface area contributed by atoms with E-state index in [0.717, 1.165) is 0 Å². The molecule has 2 aromatic heterocycles. The summed E-state index contributed by atoms with van der Waals surface area (Å²) in [6, 6.07) is 5.12. The van der Waals surface area contributed by atoms with Crippen LogP contribution in [-0.4, -0.2) is 65.9 Å². The summed E-state index contributed by atoms with van der Waals surface area (Å²) in [5.41, 5.74) is 8.18. The number of hydrogen-bond acceptors (Lipinski definition) is 11. The predicted molar refractivity (Wildman–Crippen MR) is 123 cm³/mol. The minimum atomic E-state index is -2.75. The van der Waals surface area contributed by atoms with E-state index in [0.29, 0.717) is 54.9 Å². The average Bonchev–Trinajstić information content (AvgIpc) is 3.27. The van der Waals surface area contributed by atoms with E-state index in [-0.39, 0.29) is 17.5 Å². The lowest BCUT2D eigenvalue weighted by Gasteiger charge is -2.31. The van der Waals surface area contributed by atoms with Crippen molar-refractivity contribution in [3.05, 3.63) is 36.9 Å². The molecule has 1 unspecified atom stereocenters. The molecule has 1 fully saturated rings. The third kappa shape index (κ3) is 3.94. The Kier molecular flexibility index (Phi) is 5.84. The smallest absolute Gasteiger partial charge is 0.277 e. The number of ether oxygens (including phenoxy) is 2. The number of nitrogen functional groups attached to an aromatic ring is 1. The Balaban J connectivity index is 1.66. The number of morpholine rings is 1. The molecule has 0 amide bonds. The van der Waals surface area contributed by atoms with Gasteiger partial charge in [-0.1, -0.05) is 6.07 Å². The van der Waals surface area contributed by atoms with Crippen LogP contribution in [0.3, 0.4) is 0 Å². The van der Waals surface area contributed by atoms with Crippen LogP contribution in [0.1, 0.15) is 0 Å². The van der Waals surface area contributed by atoms with Gasteiger partial charge in [0.15, 0.2) is 17.8 Å². The van der Waals surface area contributed by atoms with Crippen molar-refractivity contribution < 1.29 is 18.3 Å². The highest BCUT2D eigenvalue weighted by molar-refractivity contribution is 5.88. The minimum Gasteiger partial charge on any atom is -0.494 e. The average molecular weight is 471 g/mol. The van der Waals surface area contributed by atoms with Gasteiger partial charge in [0.1, 0.15) is 23.5 Å². The third-order valence-corrected chi connectivity index (χ3v) is 5.54. The number of hydrogen-bond donors (Lipinski definition) is 3. The van der Waals surface area contributed by atoms with E-state index in [1.165, 1.54) is 18.3 Å². The lowest BCUT2D eigenvalue weighted by Crippen LogP contribution is -2.40. The maximum absolute atomic E-state index is 14.2. The van der Waals surface area contributed by atoms with Crippen molar-refractivity contribution in [3.8, 4) is 5.75 Å². The Morgan fingerprint density at radius 2 is 1.97 bits per heavy atom. The van der Waals surface area contributed by atoms with Crippen LogP contribution in [0.15, 0.2) is 36.9 Å². The molecule has 0 saturated carbocycles. The lowest BCUT2D eigenvalue weighted by molar-refractivity contribution is 0.122. The summed E-state index contributed by atoms with van der Waals surface area (Å²) in [6.07, 6.45) is 0.357. The Hall–Kier alpha value is -4.00. The van der Waals surface area contributed by atoms with Crippen molar-refractivity contribution in [3.63, 3.8) is 0 Å². The molecule has 0 bridgehead atoms. The summed E-state index contributed by atoms with van der Waals surface area (Å²) in [7, 11) is 1.48. The van der Waals surface area contributed by atoms with Gasteiger partial charge in [-0.3, -0.25) is 4.90 Å². The molecular formula is C21H23F2N9O2. The number of benzene rings is 1. The standard InChI is InChI=1S/C21H23F2N9O2/c1-33-14-4-2-3-13-16(14)32(20(28-13)17(22)23)21-29-18(27-12-9-25-11-26-10-12)15(24)19(30-21)31-5-7-34-8-6-31/h2-4,9-11,17,20,28H,5-8,24H2,1H3,(H,27,29,30). The van der Waals surface area contributed by atoms with Crippen LogP contribution in [0.4, 0.5) is 49.1 Å². The van der Waals surface area contributed by atoms with E-state index in [1.54, 1.807) is 30.6 Å². The molecule has 0 spiro atoms. The highest BCUT2D eigenvalue weighted by atomic mass is 19.3. The van der Waals surface area contributed by atoms with Crippen molar-refractivity contribution in [2.24, 2.45) is 0 Å². The number of halogens is 2. The molecule has 0 aliphatic carbocycles. The summed E-state index contributed by atoms with van der Waals surface area (Å²) < 4.78 is 39.3. The molecule has 2 aliphatic rings. The summed E-state index contributed by atoms with van der Waals surface area (Å²) >= 11 is 0. The number of aromatic nitrogens is 4. The minimum absolute atomic E-state index is 0.0380. The maximum atomic E-state index is 14.2. The van der Waals surface area contributed by atoms with Crippen molar-refractivity contribution in [2.75, 3.05) is 59.6 Å². The van der Waals surface area contributed by atoms with Gasteiger partial charge in [0, 0.05) is 13.1 Å². The Bertz CT molecular complexity index is 1160. The third-order valence-electron chi connectivity index (χ3n) is 5.54. The van der Waals surface area contributed by atoms with Crippen molar-refractivity contribution in [1.29, 1.82) is 0 Å². The van der Waals surface area contributed by atoms with Crippen LogP contribution >= 0.6 is 0 Å². The SMILES string of the molecule is COc1cccc2c1N(c1nc(Nc3cncnc3)c(N)c(N3CCOCC3)n1)C(C(F)F)N2. The number of alkyl halides is 2. The molecule has 4 N–H and O–H groups in total. The lowest BCUT2D eigenvalue weighted by atomic mass is 10.2. The molecule has 13 heteroatoms. The van der Waals surface area contributed by atoms with Gasteiger partial charge in [0.05, 0.1) is 44.1 Å². The van der Waals surface area contributed by atoms with Gasteiger partial charge in [-0.15, -0.1) is 0 Å². The fourth-order valence-electron chi connectivity index (χ4n) is 3.98. The van der Waals surface area contributed by atoms with E-state index >= 15 is 0 Å². The molecule has 2 aliphatic heterocycles. The number of para-hydroxylation sites is 1. The monoisotopic (exact) mass is 471 g/mol. The number of rotatable bonds is 6. The molecular weight excluding hydrogens is 448 g/mol. The van der Waals surface area contributed by atoms with Gasteiger partial charge in [-0.25, -0.2) is 18.7 Å². The van der Waals surface area contributed by atoms with Gasteiger partial charge in [0.2, 0.25) is 5.95 Å². The Morgan fingerprint density at radius 1 is 1.21 bits per heavy atom. The molecule has 34 heavy (non-hydrogen) atoms. The molecule has 3 aromatic rings. The van der Waals surface area contributed by atoms with Crippen LogP contribution in [-0.2, 0) is 4.74 Å². The van der Waals surface area contributed by atoms with Crippen molar-refractivity contribution in [1.82, 2.24) is 19.9 Å². The first-order chi connectivity index (χ1) is 16.6. The van der Waals surface area contributed by atoms with Gasteiger partial charge in [0.25, 0.3) is 6.43 Å². The van der Waals surface area contributed by atoms with Crippen molar-refractivity contribution >= 4 is 40.3 Å². The molecule has 1 aromatic carbocycles. The van der Waals surface area contributed by atoms with E-state index in [4.69, 9.17) is 15.2 Å². The molecule has 178 valence electrons. The van der Waals surface area contributed by atoms with Crippen LogP contribution in [0.2, 0.25) is 0 Å². The molecule has 0 radical (unpaired) electrons. The number of nitrogens with two attached hydrogens (primary N) is 1.